The molecule has 3 amide bonds. The van der Waals surface area contributed by atoms with Crippen molar-refractivity contribution in [2.75, 3.05) is 13.2 Å². The van der Waals surface area contributed by atoms with Gasteiger partial charge in [0, 0.05) is 0 Å². The smallest absolute Gasteiger partial charge is 0.404 e. The Kier molecular flexibility index (Phi) is 4.75. The number of nitrogens with two attached hydrogens (primary N) is 1. The van der Waals surface area contributed by atoms with Crippen molar-refractivity contribution in [3.8, 4) is 0 Å². The van der Waals surface area contributed by atoms with Gasteiger partial charge in [-0.25, -0.2) is 14.4 Å². The fourth-order valence-electron chi connectivity index (χ4n) is 1.95. The van der Waals surface area contributed by atoms with Crippen molar-refractivity contribution in [1.29, 1.82) is 0 Å². The van der Waals surface area contributed by atoms with Crippen molar-refractivity contribution >= 4 is 18.1 Å². The van der Waals surface area contributed by atoms with E-state index in [1.54, 1.807) is 0 Å². The van der Waals surface area contributed by atoms with E-state index < -0.39 is 23.6 Å². The summed E-state index contributed by atoms with van der Waals surface area (Å²) in [5.74, 6) is -1.02. The third-order valence-corrected chi connectivity index (χ3v) is 2.85. The predicted molar refractivity (Wildman–Crippen MR) is 60.9 cm³/mol. The van der Waals surface area contributed by atoms with E-state index in [9.17, 15) is 14.4 Å². The zero-order chi connectivity index (χ0) is 13.6. The number of urea groups is 1. The molecule has 1 fully saturated rings. The maximum Gasteiger partial charge on any atom is 0.404 e. The van der Waals surface area contributed by atoms with Gasteiger partial charge < -0.3 is 26.2 Å². The van der Waals surface area contributed by atoms with E-state index in [4.69, 9.17) is 10.8 Å². The summed E-state index contributed by atoms with van der Waals surface area (Å²) in [6.07, 6.45) is 1.48. The number of ether oxygens (including phenoxy) is 1. The first kappa shape index (κ1) is 14.1. The van der Waals surface area contributed by atoms with E-state index in [0.717, 1.165) is 12.8 Å². The number of amides is 3. The molecule has 1 rings (SSSR count). The zero-order valence-electron chi connectivity index (χ0n) is 9.90. The number of carbonyl (C=O) groups excluding carboxylic acids is 2. The van der Waals surface area contributed by atoms with Gasteiger partial charge in [0.2, 0.25) is 0 Å². The Labute approximate surface area is 104 Å². The van der Waals surface area contributed by atoms with E-state index >= 15 is 0 Å². The first-order chi connectivity index (χ1) is 8.46. The summed E-state index contributed by atoms with van der Waals surface area (Å²) in [5.41, 5.74) is 3.56. The molecule has 1 aliphatic carbocycles. The van der Waals surface area contributed by atoms with Crippen molar-refractivity contribution in [3.05, 3.63) is 0 Å². The van der Waals surface area contributed by atoms with Gasteiger partial charge >= 0.3 is 18.1 Å². The highest BCUT2D eigenvalue weighted by atomic mass is 16.5. The van der Waals surface area contributed by atoms with Crippen LogP contribution in [0.3, 0.4) is 0 Å². The van der Waals surface area contributed by atoms with E-state index in [-0.39, 0.29) is 13.2 Å². The zero-order valence-corrected chi connectivity index (χ0v) is 9.90. The topological polar surface area (TPSA) is 131 Å². The third-order valence-electron chi connectivity index (χ3n) is 2.85. The predicted octanol–water partition coefficient (Wildman–Crippen LogP) is -0.222. The Morgan fingerprint density at radius 2 is 1.89 bits per heavy atom. The largest absolute Gasteiger partial charge is 0.480 e. The lowest BCUT2D eigenvalue weighted by molar-refractivity contribution is -0.144. The van der Waals surface area contributed by atoms with Gasteiger partial charge in [0.05, 0.1) is 6.54 Å². The van der Waals surface area contributed by atoms with E-state index in [1.165, 1.54) is 0 Å². The number of hydrogen-bond acceptors (Lipinski definition) is 4. The highest BCUT2D eigenvalue weighted by Crippen LogP contribution is 2.29. The molecule has 1 saturated carbocycles. The Bertz CT molecular complexity index is 338. The molecule has 0 bridgehead atoms. The van der Waals surface area contributed by atoms with Gasteiger partial charge in [-0.3, -0.25) is 0 Å². The maximum atomic E-state index is 11.5. The van der Waals surface area contributed by atoms with Gasteiger partial charge in [0.15, 0.2) is 0 Å². The lowest BCUT2D eigenvalue weighted by Gasteiger charge is -2.25. The van der Waals surface area contributed by atoms with E-state index in [1.807, 2.05) is 0 Å². The summed E-state index contributed by atoms with van der Waals surface area (Å²) in [5, 5.41) is 14.0. The normalized spacial score (nSPS) is 16.9. The Morgan fingerprint density at radius 3 is 2.39 bits per heavy atom. The molecule has 18 heavy (non-hydrogen) atoms. The van der Waals surface area contributed by atoms with Crippen LogP contribution in [-0.4, -0.2) is 41.9 Å². The van der Waals surface area contributed by atoms with Crippen LogP contribution < -0.4 is 16.4 Å². The Balaban J connectivity index is 2.34. The summed E-state index contributed by atoms with van der Waals surface area (Å²) >= 11 is 0. The second-order valence-electron chi connectivity index (χ2n) is 4.14. The number of aliphatic carboxylic acids is 1. The molecular formula is C10H17N3O5. The minimum Gasteiger partial charge on any atom is -0.480 e. The number of carboxylic acids is 1. The molecule has 1 aliphatic rings. The molecule has 0 heterocycles. The molecule has 0 saturated heterocycles. The molecule has 8 heteroatoms. The van der Waals surface area contributed by atoms with Crippen LogP contribution in [0.15, 0.2) is 0 Å². The van der Waals surface area contributed by atoms with Crippen LogP contribution in [0.25, 0.3) is 0 Å². The van der Waals surface area contributed by atoms with Gasteiger partial charge in [0.25, 0.3) is 0 Å². The molecule has 0 aromatic heterocycles. The van der Waals surface area contributed by atoms with Crippen LogP contribution in [-0.2, 0) is 9.53 Å². The van der Waals surface area contributed by atoms with Gasteiger partial charge in [-0.15, -0.1) is 0 Å². The van der Waals surface area contributed by atoms with Crippen LogP contribution >= 0.6 is 0 Å². The summed E-state index contributed by atoms with van der Waals surface area (Å²) in [4.78, 5) is 32.9. The molecule has 0 atom stereocenters. The van der Waals surface area contributed by atoms with Crippen molar-refractivity contribution in [2.24, 2.45) is 5.73 Å². The Hall–Kier alpha value is -1.99. The van der Waals surface area contributed by atoms with Crippen LogP contribution in [0.5, 0.6) is 0 Å². The molecule has 0 aromatic carbocycles. The second-order valence-corrected chi connectivity index (χ2v) is 4.14. The highest BCUT2D eigenvalue weighted by Gasteiger charge is 2.42. The fraction of sp³-hybridized carbons (Fsp3) is 0.700. The minimum absolute atomic E-state index is 0.0528. The van der Waals surface area contributed by atoms with Crippen molar-refractivity contribution in [2.45, 2.75) is 31.2 Å². The van der Waals surface area contributed by atoms with Crippen molar-refractivity contribution in [3.63, 3.8) is 0 Å². The summed E-state index contributed by atoms with van der Waals surface area (Å²) < 4.78 is 4.41. The first-order valence-electron chi connectivity index (χ1n) is 5.68. The number of carbonyl (C=O) groups is 3. The van der Waals surface area contributed by atoms with Gasteiger partial charge in [-0.1, -0.05) is 12.8 Å². The van der Waals surface area contributed by atoms with E-state index in [2.05, 4.69) is 15.4 Å². The van der Waals surface area contributed by atoms with Crippen LogP contribution in [0.2, 0.25) is 0 Å². The quantitative estimate of drug-likeness (QED) is 0.507. The standard InChI is InChI=1S/C10H17N3O5/c11-8(16)18-6-5-12-9(17)13-10(7(14)15)3-1-2-4-10/h1-6H2,(H2,11,16)(H,14,15)(H2,12,13,17). The average Bonchev–Trinajstić information content (AvgIpc) is 2.74. The second kappa shape index (κ2) is 6.08. The van der Waals surface area contributed by atoms with Gasteiger partial charge in [-0.05, 0) is 12.8 Å². The molecule has 0 unspecified atom stereocenters. The van der Waals surface area contributed by atoms with Gasteiger partial charge in [0.1, 0.15) is 12.1 Å². The first-order valence-corrected chi connectivity index (χ1v) is 5.68. The molecule has 8 nitrogen and oxygen atoms in total. The molecule has 102 valence electrons. The molecule has 0 aromatic rings. The number of primary amides is 1. The molecule has 5 N–H and O–H groups in total. The minimum atomic E-state index is -1.17. The summed E-state index contributed by atoms with van der Waals surface area (Å²) in [7, 11) is 0. The lowest BCUT2D eigenvalue weighted by Crippen LogP contribution is -2.55. The van der Waals surface area contributed by atoms with E-state index in [0.29, 0.717) is 12.8 Å². The number of carboxylic acid groups (broad SMARTS) is 1. The van der Waals surface area contributed by atoms with Crippen LogP contribution in [0.1, 0.15) is 25.7 Å². The summed E-state index contributed by atoms with van der Waals surface area (Å²) in [6, 6.07) is -0.590. The summed E-state index contributed by atoms with van der Waals surface area (Å²) in [6.45, 7) is 0.0211. The monoisotopic (exact) mass is 259 g/mol. The lowest BCUT2D eigenvalue weighted by atomic mass is 9.98. The highest BCUT2D eigenvalue weighted by molar-refractivity contribution is 5.86. The van der Waals surface area contributed by atoms with Crippen LogP contribution in [0.4, 0.5) is 9.59 Å². The maximum absolute atomic E-state index is 11.5. The number of rotatable bonds is 5. The third kappa shape index (κ3) is 3.79. The number of hydrogen-bond donors (Lipinski definition) is 4. The SMILES string of the molecule is NC(=O)OCCNC(=O)NC1(C(=O)O)CCCC1. The molecule has 0 radical (unpaired) electrons. The van der Waals surface area contributed by atoms with Crippen molar-refractivity contribution in [1.82, 2.24) is 10.6 Å². The van der Waals surface area contributed by atoms with Crippen molar-refractivity contribution < 1.29 is 24.2 Å². The number of nitrogens with one attached hydrogen (secondary N) is 2. The molecule has 0 aliphatic heterocycles. The van der Waals surface area contributed by atoms with Crippen LogP contribution in [0, 0.1) is 0 Å². The Morgan fingerprint density at radius 1 is 1.28 bits per heavy atom. The molecule has 0 spiro atoms. The average molecular weight is 259 g/mol. The fourth-order valence-corrected chi connectivity index (χ4v) is 1.95. The molecular weight excluding hydrogens is 242 g/mol. The van der Waals surface area contributed by atoms with Gasteiger partial charge in [-0.2, -0.15) is 0 Å².